The summed E-state index contributed by atoms with van der Waals surface area (Å²) in [5.74, 6) is 1.64. The second-order valence-corrected chi connectivity index (χ2v) is 10.1. The molecule has 2 heterocycles. The lowest BCUT2D eigenvalue weighted by Crippen LogP contribution is -2.15. The molecule has 2 aromatic heterocycles. The summed E-state index contributed by atoms with van der Waals surface area (Å²) in [7, 11) is 0. The molecule has 3 aromatic rings. The van der Waals surface area contributed by atoms with Crippen LogP contribution in [0.5, 0.6) is 5.75 Å². The van der Waals surface area contributed by atoms with Crippen LogP contribution in [0.2, 0.25) is 0 Å². The van der Waals surface area contributed by atoms with E-state index in [1.165, 1.54) is 16.6 Å². The third kappa shape index (κ3) is 5.07. The highest BCUT2D eigenvalue weighted by Crippen LogP contribution is 2.37. The van der Waals surface area contributed by atoms with Crippen LogP contribution in [0.1, 0.15) is 52.7 Å². The second kappa shape index (κ2) is 10.4. The minimum Gasteiger partial charge on any atom is -0.485 e. The monoisotopic (exact) mass is 481 g/mol. The Balaban J connectivity index is 1.39. The number of nitrogens with zero attached hydrogens (tertiary/aromatic N) is 4. The van der Waals surface area contributed by atoms with Crippen molar-refractivity contribution in [2.24, 2.45) is 0 Å². The zero-order valence-electron chi connectivity index (χ0n) is 19.1. The fourth-order valence-electron chi connectivity index (χ4n) is 4.08. The molecule has 0 fully saturated rings. The molecule has 0 aliphatic heterocycles. The maximum Gasteiger partial charge on any atom is 0.235 e. The van der Waals surface area contributed by atoms with Gasteiger partial charge in [0.05, 0.1) is 11.3 Å². The van der Waals surface area contributed by atoms with Crippen LogP contribution in [0.4, 0.5) is 5.00 Å². The van der Waals surface area contributed by atoms with Gasteiger partial charge in [0, 0.05) is 11.4 Å². The van der Waals surface area contributed by atoms with Crippen LogP contribution < -0.4 is 10.1 Å². The number of aromatic nitrogens is 3. The maximum atomic E-state index is 12.6. The van der Waals surface area contributed by atoms with Gasteiger partial charge in [0.25, 0.3) is 0 Å². The Labute approximate surface area is 202 Å². The molecule has 172 valence electrons. The number of rotatable bonds is 8. The minimum absolute atomic E-state index is 0.144. The minimum atomic E-state index is -0.144. The SMILES string of the molecule is CCn1c(COc2c(C)cccc2C)nnc1SCC(=O)Nc1sc2c(c1C#N)CCCC2. The van der Waals surface area contributed by atoms with E-state index >= 15 is 0 Å². The van der Waals surface area contributed by atoms with Crippen LogP contribution in [-0.2, 0) is 30.8 Å². The van der Waals surface area contributed by atoms with Crippen molar-refractivity contribution < 1.29 is 9.53 Å². The summed E-state index contributed by atoms with van der Waals surface area (Å²) in [4.78, 5) is 13.9. The number of aryl methyl sites for hydroxylation is 3. The molecule has 0 bridgehead atoms. The van der Waals surface area contributed by atoms with Gasteiger partial charge in [0.2, 0.25) is 5.91 Å². The Kier molecular flexibility index (Phi) is 7.36. The number of hydrogen-bond donors (Lipinski definition) is 1. The Morgan fingerprint density at radius 1 is 1.27 bits per heavy atom. The van der Waals surface area contributed by atoms with Gasteiger partial charge in [-0.25, -0.2) is 0 Å². The molecule has 1 aliphatic rings. The normalized spacial score (nSPS) is 12.8. The second-order valence-electron chi connectivity index (χ2n) is 8.02. The van der Waals surface area contributed by atoms with Gasteiger partial charge in [-0.15, -0.1) is 21.5 Å². The lowest BCUT2D eigenvalue weighted by Gasteiger charge is -2.12. The standard InChI is InChI=1S/C24H27N5O2S2/c1-4-29-20(13-31-22-15(2)8-7-9-16(22)3)27-28-24(29)32-14-21(30)26-23-18(12-25)17-10-5-6-11-19(17)33-23/h7-9H,4-6,10-11,13-14H2,1-3H3,(H,26,30). The number of carbonyl (C=O) groups excluding carboxylic acids is 1. The highest BCUT2D eigenvalue weighted by Gasteiger charge is 2.22. The van der Waals surface area contributed by atoms with Gasteiger partial charge in [0.1, 0.15) is 23.4 Å². The van der Waals surface area contributed by atoms with Gasteiger partial charge in [-0.05, 0) is 63.1 Å². The van der Waals surface area contributed by atoms with Gasteiger partial charge in [-0.1, -0.05) is 30.0 Å². The van der Waals surface area contributed by atoms with E-state index in [0.29, 0.717) is 28.9 Å². The molecule has 1 amide bonds. The lowest BCUT2D eigenvalue weighted by atomic mass is 9.96. The van der Waals surface area contributed by atoms with E-state index in [0.717, 1.165) is 53.9 Å². The number of anilines is 1. The fourth-order valence-corrected chi connectivity index (χ4v) is 6.16. The molecule has 9 heteroatoms. The van der Waals surface area contributed by atoms with Crippen LogP contribution in [0, 0.1) is 25.2 Å². The van der Waals surface area contributed by atoms with Crippen molar-refractivity contribution in [1.82, 2.24) is 14.8 Å². The summed E-state index contributed by atoms with van der Waals surface area (Å²) >= 11 is 2.88. The number of benzene rings is 1. The number of fused-ring (bicyclic) bond motifs is 1. The number of carbonyl (C=O) groups is 1. The number of ether oxygens (including phenoxy) is 1. The maximum absolute atomic E-state index is 12.6. The molecule has 1 aromatic carbocycles. The van der Waals surface area contributed by atoms with Crippen LogP contribution >= 0.6 is 23.1 Å². The van der Waals surface area contributed by atoms with E-state index in [1.807, 2.05) is 43.5 Å². The molecular weight excluding hydrogens is 454 g/mol. The summed E-state index contributed by atoms with van der Waals surface area (Å²) in [6.45, 7) is 7.05. The molecule has 0 atom stereocenters. The Bertz CT molecular complexity index is 1190. The zero-order valence-corrected chi connectivity index (χ0v) is 20.7. The van der Waals surface area contributed by atoms with E-state index in [4.69, 9.17) is 4.74 Å². The molecular formula is C24H27N5O2S2. The number of thiophene rings is 1. The van der Waals surface area contributed by atoms with Crippen LogP contribution in [0.15, 0.2) is 23.4 Å². The number of para-hydroxylation sites is 1. The van der Waals surface area contributed by atoms with Crippen molar-refractivity contribution in [2.45, 2.75) is 64.8 Å². The van der Waals surface area contributed by atoms with E-state index in [9.17, 15) is 10.1 Å². The molecule has 0 radical (unpaired) electrons. The van der Waals surface area contributed by atoms with Gasteiger partial charge in [0.15, 0.2) is 11.0 Å². The average molecular weight is 482 g/mol. The van der Waals surface area contributed by atoms with Crippen molar-refractivity contribution in [3.63, 3.8) is 0 Å². The Morgan fingerprint density at radius 2 is 2.03 bits per heavy atom. The van der Waals surface area contributed by atoms with E-state index in [-0.39, 0.29) is 11.7 Å². The molecule has 1 aliphatic carbocycles. The number of nitriles is 1. The summed E-state index contributed by atoms with van der Waals surface area (Å²) < 4.78 is 8.01. The van der Waals surface area contributed by atoms with Crippen LogP contribution in [0.25, 0.3) is 0 Å². The van der Waals surface area contributed by atoms with E-state index < -0.39 is 0 Å². The molecule has 0 saturated heterocycles. The molecule has 0 saturated carbocycles. The van der Waals surface area contributed by atoms with E-state index in [1.54, 1.807) is 11.3 Å². The number of amides is 1. The summed E-state index contributed by atoms with van der Waals surface area (Å²) in [6, 6.07) is 8.34. The first-order valence-electron chi connectivity index (χ1n) is 11.1. The van der Waals surface area contributed by atoms with Gasteiger partial charge in [-0.3, -0.25) is 4.79 Å². The third-order valence-corrected chi connectivity index (χ3v) is 7.91. The molecule has 33 heavy (non-hydrogen) atoms. The molecule has 0 unspecified atom stereocenters. The van der Waals surface area contributed by atoms with Crippen molar-refractivity contribution in [1.29, 1.82) is 5.26 Å². The quantitative estimate of drug-likeness (QED) is 0.453. The van der Waals surface area contributed by atoms with Crippen LogP contribution in [0.3, 0.4) is 0 Å². The van der Waals surface area contributed by atoms with Crippen LogP contribution in [-0.4, -0.2) is 26.4 Å². The first-order chi connectivity index (χ1) is 16.0. The largest absolute Gasteiger partial charge is 0.485 e. The lowest BCUT2D eigenvalue weighted by molar-refractivity contribution is -0.113. The van der Waals surface area contributed by atoms with E-state index in [2.05, 4.69) is 21.6 Å². The van der Waals surface area contributed by atoms with Crippen molar-refractivity contribution in [3.8, 4) is 11.8 Å². The van der Waals surface area contributed by atoms with Crippen molar-refractivity contribution >= 4 is 34.0 Å². The zero-order chi connectivity index (χ0) is 23.4. The predicted molar refractivity (Wildman–Crippen MR) is 131 cm³/mol. The highest BCUT2D eigenvalue weighted by molar-refractivity contribution is 7.99. The van der Waals surface area contributed by atoms with Gasteiger partial charge >= 0.3 is 0 Å². The number of thioether (sulfide) groups is 1. The topological polar surface area (TPSA) is 92.8 Å². The van der Waals surface area contributed by atoms with Gasteiger partial charge < -0.3 is 14.6 Å². The van der Waals surface area contributed by atoms with Crippen molar-refractivity contribution in [3.05, 3.63) is 51.2 Å². The van der Waals surface area contributed by atoms with Crippen molar-refractivity contribution in [2.75, 3.05) is 11.1 Å². The average Bonchev–Trinajstić information content (AvgIpc) is 3.37. The first-order valence-corrected chi connectivity index (χ1v) is 12.9. The molecule has 4 rings (SSSR count). The Hall–Kier alpha value is -2.83. The third-order valence-electron chi connectivity index (χ3n) is 5.73. The summed E-state index contributed by atoms with van der Waals surface area (Å²) in [5.41, 5.74) is 3.92. The summed E-state index contributed by atoms with van der Waals surface area (Å²) in [6.07, 6.45) is 4.16. The molecule has 7 nitrogen and oxygen atoms in total. The molecule has 0 spiro atoms. The fraction of sp³-hybridized carbons (Fsp3) is 0.417. The smallest absolute Gasteiger partial charge is 0.235 e. The predicted octanol–water partition coefficient (Wildman–Crippen LogP) is 5.04. The molecule has 1 N–H and O–H groups in total. The number of hydrogen-bond acceptors (Lipinski definition) is 7. The summed E-state index contributed by atoms with van der Waals surface area (Å²) in [5, 5.41) is 22.5. The highest BCUT2D eigenvalue weighted by atomic mass is 32.2. The Morgan fingerprint density at radius 3 is 2.76 bits per heavy atom. The number of nitrogens with one attached hydrogen (secondary N) is 1. The first kappa shape index (κ1) is 23.3. The van der Waals surface area contributed by atoms with Gasteiger partial charge in [-0.2, -0.15) is 5.26 Å².